The molecule has 0 radical (unpaired) electrons. The molecule has 8 atom stereocenters. The summed E-state index contributed by atoms with van der Waals surface area (Å²) in [5, 5.41) is 21.8. The molecule has 3 aromatic rings. The van der Waals surface area contributed by atoms with Crippen LogP contribution < -0.4 is 21.3 Å². The molecule has 7 amide bonds. The Labute approximate surface area is 368 Å². The lowest BCUT2D eigenvalue weighted by molar-refractivity contribution is -0.145. The van der Waals surface area contributed by atoms with Crippen LogP contribution in [0.2, 0.25) is 0 Å². The van der Waals surface area contributed by atoms with Crippen LogP contribution in [0.15, 0.2) is 84.9 Å². The summed E-state index contributed by atoms with van der Waals surface area (Å²) in [5.74, 6) is -3.90. The number of carbonyl (C=O) groups excluding carboxylic acids is 7. The number of phenols is 1. The van der Waals surface area contributed by atoms with Crippen molar-refractivity contribution < 1.29 is 38.7 Å². The molecule has 0 saturated carbocycles. The summed E-state index contributed by atoms with van der Waals surface area (Å²) < 4.78 is 0. The van der Waals surface area contributed by atoms with Crippen molar-refractivity contribution in [2.75, 3.05) is 19.6 Å². The zero-order chi connectivity index (χ0) is 44.6. The van der Waals surface area contributed by atoms with Gasteiger partial charge in [0.25, 0.3) is 0 Å². The first-order valence-corrected chi connectivity index (χ1v) is 22.4. The van der Waals surface area contributed by atoms with E-state index in [1.165, 1.54) is 26.8 Å². The highest BCUT2D eigenvalue weighted by molar-refractivity contribution is 5.99. The topological polar surface area (TPSA) is 198 Å². The lowest BCUT2D eigenvalue weighted by atomic mass is 9.96. The fraction of sp³-hybridized carbons (Fsp3) is 0.479. The molecule has 0 bridgehead atoms. The van der Waals surface area contributed by atoms with E-state index in [4.69, 9.17) is 0 Å². The quantitative estimate of drug-likeness (QED) is 0.228. The lowest BCUT2D eigenvalue weighted by Crippen LogP contribution is -2.60. The average molecular weight is 862 g/mol. The second-order valence-electron chi connectivity index (χ2n) is 17.4. The van der Waals surface area contributed by atoms with E-state index >= 15 is 0 Å². The fourth-order valence-electron chi connectivity index (χ4n) is 9.41. The molecule has 4 aliphatic rings. The lowest BCUT2D eigenvalue weighted by Gasteiger charge is -2.33. The van der Waals surface area contributed by atoms with Gasteiger partial charge in [0.1, 0.15) is 48.0 Å². The molecule has 0 spiro atoms. The largest absolute Gasteiger partial charge is 0.508 e. The predicted molar refractivity (Wildman–Crippen MR) is 233 cm³/mol. The second-order valence-corrected chi connectivity index (χ2v) is 17.4. The Bertz CT molecular complexity index is 2140. The monoisotopic (exact) mass is 861 g/mol. The molecule has 0 aliphatic carbocycles. The van der Waals surface area contributed by atoms with Crippen LogP contribution >= 0.6 is 0 Å². The number of nitrogens with zero attached hydrogens (tertiary/aromatic N) is 3. The minimum atomic E-state index is -1.14. The van der Waals surface area contributed by atoms with E-state index in [2.05, 4.69) is 21.3 Å². The zero-order valence-corrected chi connectivity index (χ0v) is 36.0. The SMILES string of the molecule is CCC(C)C1NC(=O)C(Cc2ccccc2)NC(=O)C2CCCN2C(=O)C(Cc2ccccc2)NC(=O)C2CCCN2C(=O)C(Cc2ccc(O)cc2)NC(=O)C2CCCN2C1=O. The van der Waals surface area contributed by atoms with Gasteiger partial charge in [0.15, 0.2) is 0 Å². The van der Waals surface area contributed by atoms with E-state index in [9.17, 15) is 38.7 Å². The third kappa shape index (κ3) is 10.5. The van der Waals surface area contributed by atoms with Gasteiger partial charge in [-0.2, -0.15) is 0 Å². The number of phenolic OH excluding ortho intramolecular Hbond substituents is 1. The Morgan fingerprint density at radius 1 is 0.508 bits per heavy atom. The van der Waals surface area contributed by atoms with Crippen molar-refractivity contribution in [1.82, 2.24) is 36.0 Å². The molecule has 4 aliphatic heterocycles. The van der Waals surface area contributed by atoms with Crippen LogP contribution in [-0.4, -0.2) is 123 Å². The molecule has 8 unspecified atom stereocenters. The second kappa shape index (κ2) is 20.3. The summed E-state index contributed by atoms with van der Waals surface area (Å²) in [6.45, 7) is 4.50. The summed E-state index contributed by atoms with van der Waals surface area (Å²) in [4.78, 5) is 106. The van der Waals surface area contributed by atoms with Crippen LogP contribution in [0.1, 0.15) is 75.5 Å². The van der Waals surface area contributed by atoms with Gasteiger partial charge in [-0.05, 0) is 73.3 Å². The smallest absolute Gasteiger partial charge is 0.246 e. The van der Waals surface area contributed by atoms with Crippen molar-refractivity contribution in [2.45, 2.75) is 120 Å². The van der Waals surface area contributed by atoms with E-state index in [0.29, 0.717) is 50.5 Å². The Morgan fingerprint density at radius 3 is 1.32 bits per heavy atom. The van der Waals surface area contributed by atoms with Gasteiger partial charge in [0.05, 0.1) is 0 Å². The van der Waals surface area contributed by atoms with Crippen LogP contribution in [0, 0.1) is 5.92 Å². The molecular formula is C48H59N7O8. The van der Waals surface area contributed by atoms with E-state index < -0.39 is 83.6 Å². The maximum atomic E-state index is 14.7. The summed E-state index contributed by atoms with van der Waals surface area (Å²) in [5.41, 5.74) is 2.20. The fourth-order valence-corrected chi connectivity index (χ4v) is 9.41. The van der Waals surface area contributed by atoms with Gasteiger partial charge in [-0.3, -0.25) is 33.6 Å². The van der Waals surface area contributed by atoms with Gasteiger partial charge in [0, 0.05) is 38.9 Å². The molecule has 15 heteroatoms. The van der Waals surface area contributed by atoms with Gasteiger partial charge < -0.3 is 41.1 Å². The number of rotatable bonds is 8. The highest BCUT2D eigenvalue weighted by Gasteiger charge is 2.45. The maximum Gasteiger partial charge on any atom is 0.246 e. The van der Waals surface area contributed by atoms with Crippen LogP contribution in [0.5, 0.6) is 5.75 Å². The van der Waals surface area contributed by atoms with Gasteiger partial charge in [-0.1, -0.05) is 93.1 Å². The van der Waals surface area contributed by atoms with E-state index in [1.54, 1.807) is 12.1 Å². The number of amides is 7. The molecule has 4 fully saturated rings. The first-order chi connectivity index (χ1) is 30.4. The van der Waals surface area contributed by atoms with Crippen LogP contribution in [-0.2, 0) is 52.8 Å². The summed E-state index contributed by atoms with van der Waals surface area (Å²) in [6, 6.07) is 17.5. The number of fused-ring (bicyclic) bond motifs is 3. The number of aromatic hydroxyl groups is 1. The third-order valence-electron chi connectivity index (χ3n) is 13.1. The predicted octanol–water partition coefficient (Wildman–Crippen LogP) is 2.39. The van der Waals surface area contributed by atoms with E-state index in [-0.39, 0.29) is 50.6 Å². The summed E-state index contributed by atoms with van der Waals surface area (Å²) in [6.07, 6.45) is 3.32. The van der Waals surface area contributed by atoms with Crippen molar-refractivity contribution >= 4 is 41.4 Å². The Hall–Kier alpha value is -6.25. The normalized spacial score (nSPS) is 27.0. The molecule has 3 aromatic carbocycles. The average Bonchev–Trinajstić information content (AvgIpc) is 4.10. The minimum Gasteiger partial charge on any atom is -0.508 e. The van der Waals surface area contributed by atoms with E-state index in [1.807, 2.05) is 74.5 Å². The van der Waals surface area contributed by atoms with Crippen molar-refractivity contribution in [3.63, 3.8) is 0 Å². The first-order valence-electron chi connectivity index (χ1n) is 22.4. The minimum absolute atomic E-state index is 0.0340. The number of nitrogens with one attached hydrogen (secondary N) is 4. The maximum absolute atomic E-state index is 14.7. The molecular weight excluding hydrogens is 803 g/mol. The number of hydrogen-bond acceptors (Lipinski definition) is 8. The molecule has 4 saturated heterocycles. The number of benzene rings is 3. The molecule has 7 rings (SSSR count). The Kier molecular flexibility index (Phi) is 14.4. The molecule has 0 aromatic heterocycles. The zero-order valence-electron chi connectivity index (χ0n) is 36.0. The first kappa shape index (κ1) is 44.8. The van der Waals surface area contributed by atoms with Crippen molar-refractivity contribution in [3.8, 4) is 5.75 Å². The summed E-state index contributed by atoms with van der Waals surface area (Å²) in [7, 11) is 0. The molecule has 5 N–H and O–H groups in total. The van der Waals surface area contributed by atoms with Gasteiger partial charge in [-0.15, -0.1) is 0 Å². The van der Waals surface area contributed by atoms with Crippen molar-refractivity contribution in [2.24, 2.45) is 5.92 Å². The summed E-state index contributed by atoms with van der Waals surface area (Å²) >= 11 is 0. The Balaban J connectivity index is 1.27. The van der Waals surface area contributed by atoms with Gasteiger partial charge in [-0.25, -0.2) is 0 Å². The van der Waals surface area contributed by atoms with Gasteiger partial charge >= 0.3 is 0 Å². The van der Waals surface area contributed by atoms with Crippen LogP contribution in [0.3, 0.4) is 0 Å². The molecule has 334 valence electrons. The van der Waals surface area contributed by atoms with E-state index in [0.717, 1.165) is 11.1 Å². The number of hydrogen-bond donors (Lipinski definition) is 5. The van der Waals surface area contributed by atoms with Gasteiger partial charge in [0.2, 0.25) is 41.4 Å². The van der Waals surface area contributed by atoms with Crippen molar-refractivity contribution in [3.05, 3.63) is 102 Å². The van der Waals surface area contributed by atoms with Crippen LogP contribution in [0.4, 0.5) is 0 Å². The molecule has 4 heterocycles. The number of carbonyl (C=O) groups is 7. The Morgan fingerprint density at radius 2 is 0.889 bits per heavy atom. The molecule has 15 nitrogen and oxygen atoms in total. The highest BCUT2D eigenvalue weighted by Crippen LogP contribution is 2.26. The molecule has 63 heavy (non-hydrogen) atoms. The van der Waals surface area contributed by atoms with Crippen molar-refractivity contribution in [1.29, 1.82) is 0 Å². The standard InChI is InChI=1S/C48H59N7O8/c1-3-30(2)41-48(63)55-26-12-19-40(55)45(60)51-37(29-33-20-22-34(56)23-21-33)47(62)54-25-11-18-39(54)44(59)50-36(28-32-15-8-5-9-16-32)46(61)53-24-10-17-38(53)43(58)49-35(42(57)52-41)27-31-13-6-4-7-14-31/h4-9,13-16,20-23,30,35-41,56H,3,10-12,17-19,24-29H2,1-2H3,(H,49,58)(H,50,59)(H,51,60)(H,52,57). The van der Waals surface area contributed by atoms with Crippen LogP contribution in [0.25, 0.3) is 0 Å². The third-order valence-corrected chi connectivity index (χ3v) is 13.1. The highest BCUT2D eigenvalue weighted by atomic mass is 16.3.